The lowest BCUT2D eigenvalue weighted by Gasteiger charge is -2.15. The Hall–Kier alpha value is -0.650. The Labute approximate surface area is 136 Å². The first kappa shape index (κ1) is 15.7. The van der Waals surface area contributed by atoms with Gasteiger partial charge < -0.3 is 5.11 Å². The summed E-state index contributed by atoms with van der Waals surface area (Å²) in [6.45, 7) is 6.84. The molecule has 0 saturated heterocycles. The first-order valence-electron chi connectivity index (χ1n) is 6.60. The third-order valence-electron chi connectivity index (χ3n) is 3.44. The number of aromatic nitrogens is 2. The fourth-order valence-corrected chi connectivity index (χ4v) is 3.15. The number of hydrogen-bond acceptors (Lipinski definition) is 2. The SMILES string of the molecule is CCn1nc(C)c(Br)c1CC(O)c1cc(Br)ccc1C. The van der Waals surface area contributed by atoms with Crippen molar-refractivity contribution < 1.29 is 5.11 Å². The van der Waals surface area contributed by atoms with Crippen LogP contribution in [-0.4, -0.2) is 14.9 Å². The van der Waals surface area contributed by atoms with Gasteiger partial charge in [-0.3, -0.25) is 4.68 Å². The van der Waals surface area contributed by atoms with Crippen LogP contribution in [0.4, 0.5) is 0 Å². The largest absolute Gasteiger partial charge is 0.388 e. The second-order valence-corrected chi connectivity index (χ2v) is 6.59. The van der Waals surface area contributed by atoms with Crippen LogP contribution >= 0.6 is 31.9 Å². The molecule has 1 unspecified atom stereocenters. The fourth-order valence-electron chi connectivity index (χ4n) is 2.33. The lowest BCUT2D eigenvalue weighted by molar-refractivity contribution is 0.174. The average Bonchev–Trinajstić information content (AvgIpc) is 2.69. The lowest BCUT2D eigenvalue weighted by Crippen LogP contribution is -2.10. The molecule has 0 aliphatic rings. The highest BCUT2D eigenvalue weighted by Gasteiger charge is 2.18. The summed E-state index contributed by atoms with van der Waals surface area (Å²) in [5.74, 6) is 0. The highest BCUT2D eigenvalue weighted by atomic mass is 79.9. The van der Waals surface area contributed by atoms with Gasteiger partial charge in [0.05, 0.1) is 22.0 Å². The minimum absolute atomic E-state index is 0.537. The van der Waals surface area contributed by atoms with Crippen LogP contribution in [-0.2, 0) is 13.0 Å². The van der Waals surface area contributed by atoms with Crippen LogP contribution < -0.4 is 0 Å². The van der Waals surface area contributed by atoms with Crippen molar-refractivity contribution in [3.05, 3.63) is 49.7 Å². The van der Waals surface area contributed by atoms with Gasteiger partial charge in [-0.1, -0.05) is 22.0 Å². The average molecular weight is 402 g/mol. The Morgan fingerprint density at radius 3 is 2.65 bits per heavy atom. The first-order chi connectivity index (χ1) is 9.43. The molecule has 0 radical (unpaired) electrons. The van der Waals surface area contributed by atoms with Crippen molar-refractivity contribution in [3.63, 3.8) is 0 Å². The van der Waals surface area contributed by atoms with Gasteiger partial charge >= 0.3 is 0 Å². The molecule has 1 aromatic heterocycles. The molecule has 3 nitrogen and oxygen atoms in total. The zero-order valence-corrected chi connectivity index (χ0v) is 15.0. The minimum atomic E-state index is -0.537. The van der Waals surface area contributed by atoms with Crippen molar-refractivity contribution in [1.29, 1.82) is 0 Å². The Balaban J connectivity index is 2.32. The van der Waals surface area contributed by atoms with Crippen molar-refractivity contribution in [3.8, 4) is 0 Å². The number of aliphatic hydroxyl groups excluding tert-OH is 1. The summed E-state index contributed by atoms with van der Waals surface area (Å²) in [4.78, 5) is 0. The molecule has 0 aliphatic carbocycles. The molecule has 0 spiro atoms. The van der Waals surface area contributed by atoms with Gasteiger partial charge in [-0.05, 0) is 60.0 Å². The van der Waals surface area contributed by atoms with Gasteiger partial charge in [0.1, 0.15) is 0 Å². The number of benzene rings is 1. The van der Waals surface area contributed by atoms with Crippen molar-refractivity contribution in [1.82, 2.24) is 9.78 Å². The number of halogens is 2. The van der Waals surface area contributed by atoms with E-state index in [9.17, 15) is 5.11 Å². The third-order valence-corrected chi connectivity index (χ3v) is 4.96. The zero-order chi connectivity index (χ0) is 14.9. The Morgan fingerprint density at radius 2 is 2.00 bits per heavy atom. The molecule has 1 aromatic carbocycles. The maximum absolute atomic E-state index is 10.6. The van der Waals surface area contributed by atoms with Crippen LogP contribution in [0.15, 0.2) is 27.1 Å². The van der Waals surface area contributed by atoms with E-state index in [2.05, 4.69) is 43.9 Å². The first-order valence-corrected chi connectivity index (χ1v) is 8.18. The Morgan fingerprint density at radius 1 is 1.30 bits per heavy atom. The van der Waals surface area contributed by atoms with Gasteiger partial charge in [-0.15, -0.1) is 0 Å². The monoisotopic (exact) mass is 400 g/mol. The lowest BCUT2D eigenvalue weighted by atomic mass is 10.00. The van der Waals surface area contributed by atoms with E-state index in [1.54, 1.807) is 0 Å². The predicted molar refractivity (Wildman–Crippen MR) is 87.9 cm³/mol. The molecule has 1 N–H and O–H groups in total. The molecule has 2 aromatic rings. The van der Waals surface area contributed by atoms with Crippen molar-refractivity contribution in [2.45, 2.75) is 39.8 Å². The topological polar surface area (TPSA) is 38.0 Å². The van der Waals surface area contributed by atoms with E-state index >= 15 is 0 Å². The third kappa shape index (κ3) is 3.15. The van der Waals surface area contributed by atoms with E-state index in [0.29, 0.717) is 6.42 Å². The van der Waals surface area contributed by atoms with Gasteiger partial charge in [0.15, 0.2) is 0 Å². The van der Waals surface area contributed by atoms with Gasteiger partial charge in [-0.2, -0.15) is 5.10 Å². The molecule has 0 fully saturated rings. The molecular weight excluding hydrogens is 384 g/mol. The van der Waals surface area contributed by atoms with E-state index in [0.717, 1.165) is 38.0 Å². The summed E-state index contributed by atoms with van der Waals surface area (Å²) < 4.78 is 3.91. The van der Waals surface area contributed by atoms with Crippen LogP contribution in [0.5, 0.6) is 0 Å². The number of hydrogen-bond donors (Lipinski definition) is 1. The minimum Gasteiger partial charge on any atom is -0.388 e. The summed E-state index contributed by atoms with van der Waals surface area (Å²) in [6.07, 6.45) is 0.0113. The maximum atomic E-state index is 10.6. The highest BCUT2D eigenvalue weighted by Crippen LogP contribution is 2.29. The molecule has 5 heteroatoms. The number of rotatable bonds is 4. The quantitative estimate of drug-likeness (QED) is 0.828. The fraction of sp³-hybridized carbons (Fsp3) is 0.400. The Kier molecular flexibility index (Phi) is 5.04. The van der Waals surface area contributed by atoms with Crippen molar-refractivity contribution in [2.75, 3.05) is 0 Å². The summed E-state index contributed by atoms with van der Waals surface area (Å²) >= 11 is 7.03. The molecule has 108 valence electrons. The highest BCUT2D eigenvalue weighted by molar-refractivity contribution is 9.10. The molecule has 1 atom stereocenters. The van der Waals surface area contributed by atoms with E-state index in [1.165, 1.54) is 0 Å². The smallest absolute Gasteiger partial charge is 0.0848 e. The van der Waals surface area contributed by atoms with Crippen LogP contribution in [0.1, 0.15) is 35.5 Å². The molecule has 0 saturated carbocycles. The van der Waals surface area contributed by atoms with Crippen LogP contribution in [0, 0.1) is 13.8 Å². The normalized spacial score (nSPS) is 12.7. The summed E-state index contributed by atoms with van der Waals surface area (Å²) in [5.41, 5.74) is 4.04. The van der Waals surface area contributed by atoms with E-state index in [1.807, 2.05) is 36.7 Å². The van der Waals surface area contributed by atoms with Crippen molar-refractivity contribution >= 4 is 31.9 Å². The molecular formula is C15H18Br2N2O. The zero-order valence-electron chi connectivity index (χ0n) is 11.8. The molecule has 0 bridgehead atoms. The predicted octanol–water partition coefficient (Wildman–Crippen LogP) is 4.32. The standard InChI is InChI=1S/C15H18Br2N2O/c1-4-19-13(15(17)10(3)18-19)8-14(20)12-7-11(16)6-5-9(12)2/h5-7,14,20H,4,8H2,1-3H3. The molecule has 0 aliphatic heterocycles. The number of aliphatic hydroxyl groups is 1. The molecule has 0 amide bonds. The number of aryl methyl sites for hydroxylation is 3. The van der Waals surface area contributed by atoms with E-state index in [-0.39, 0.29) is 0 Å². The second kappa shape index (κ2) is 6.41. The Bertz CT molecular complexity index is 623. The second-order valence-electron chi connectivity index (χ2n) is 4.88. The van der Waals surface area contributed by atoms with Gasteiger partial charge in [0.25, 0.3) is 0 Å². The summed E-state index contributed by atoms with van der Waals surface area (Å²) in [5, 5.41) is 15.0. The van der Waals surface area contributed by atoms with Gasteiger partial charge in [0, 0.05) is 17.4 Å². The van der Waals surface area contributed by atoms with E-state index < -0.39 is 6.10 Å². The van der Waals surface area contributed by atoms with Gasteiger partial charge in [-0.25, -0.2) is 0 Å². The number of nitrogens with zero attached hydrogens (tertiary/aromatic N) is 2. The summed E-state index contributed by atoms with van der Waals surface area (Å²) in [6, 6.07) is 5.98. The maximum Gasteiger partial charge on any atom is 0.0848 e. The van der Waals surface area contributed by atoms with Gasteiger partial charge in [0.2, 0.25) is 0 Å². The van der Waals surface area contributed by atoms with E-state index in [4.69, 9.17) is 0 Å². The van der Waals surface area contributed by atoms with Crippen molar-refractivity contribution in [2.24, 2.45) is 0 Å². The molecule has 1 heterocycles. The van der Waals surface area contributed by atoms with Crippen LogP contribution in [0.2, 0.25) is 0 Å². The molecule has 2 rings (SSSR count). The molecule has 20 heavy (non-hydrogen) atoms. The summed E-state index contributed by atoms with van der Waals surface area (Å²) in [7, 11) is 0. The van der Waals surface area contributed by atoms with Crippen LogP contribution in [0.25, 0.3) is 0 Å². The van der Waals surface area contributed by atoms with Crippen LogP contribution in [0.3, 0.4) is 0 Å².